The molecule has 0 aromatic carbocycles. The average Bonchev–Trinajstić information content (AvgIpc) is 3.04. The van der Waals surface area contributed by atoms with E-state index in [9.17, 15) is 13.2 Å². The van der Waals surface area contributed by atoms with Gasteiger partial charge in [-0.05, 0) is 19.3 Å². The van der Waals surface area contributed by atoms with Crippen LogP contribution in [0.4, 0.5) is 13.2 Å². The van der Waals surface area contributed by atoms with E-state index in [1.165, 1.54) is 114 Å². The Balaban J connectivity index is 0.000000769. The van der Waals surface area contributed by atoms with Gasteiger partial charge in [-0.15, -0.1) is 0 Å². The lowest BCUT2D eigenvalue weighted by Gasteiger charge is -2.34. The summed E-state index contributed by atoms with van der Waals surface area (Å²) in [5.41, 5.74) is -5.65. The molecule has 8 heteroatoms. The second-order valence-corrected chi connectivity index (χ2v) is 9.40. The highest BCUT2D eigenvalue weighted by Gasteiger charge is 2.37. The van der Waals surface area contributed by atoms with Crippen molar-refractivity contribution in [3.63, 3.8) is 0 Å². The molecule has 1 aliphatic heterocycles. The van der Waals surface area contributed by atoms with Crippen molar-refractivity contribution in [1.29, 1.82) is 0 Å². The Morgan fingerprint density at radius 1 is 0.750 bits per heavy atom. The molecule has 0 aliphatic carbocycles. The van der Waals surface area contributed by atoms with Crippen molar-refractivity contribution >= 4 is 10.1 Å². The number of hydrogen-bond donors (Lipinski definition) is 0. The number of rotatable bonds is 13. The molecule has 0 spiro atoms. The van der Waals surface area contributed by atoms with E-state index in [0.717, 1.165) is 0 Å². The second-order valence-electron chi connectivity index (χ2n) is 8.03. The lowest BCUT2D eigenvalue weighted by atomic mass is 10.1. The highest BCUT2D eigenvalue weighted by molar-refractivity contribution is 7.86. The fraction of sp³-hybridized carbons (Fsp3) is 1.00. The van der Waals surface area contributed by atoms with Crippen LogP contribution in [0.25, 0.3) is 0 Å². The molecule has 0 bridgehead atoms. The zero-order valence-electron chi connectivity index (χ0n) is 17.7. The monoisotopic (exact) mass is 431 g/mol. The van der Waals surface area contributed by atoms with Gasteiger partial charge in [-0.2, -0.15) is 13.2 Å². The Labute approximate surface area is 170 Å². The minimum Gasteiger partial charge on any atom is -0.741 e. The summed E-state index contributed by atoms with van der Waals surface area (Å²) in [6, 6.07) is 0. The summed E-state index contributed by atoms with van der Waals surface area (Å²) in [5.74, 6) is 0. The predicted molar refractivity (Wildman–Crippen MR) is 107 cm³/mol. The molecule has 1 saturated heterocycles. The van der Waals surface area contributed by atoms with Gasteiger partial charge in [0.05, 0.1) is 26.2 Å². The minimum atomic E-state index is -6.09. The zero-order valence-corrected chi connectivity index (χ0v) is 18.6. The molecule has 1 heterocycles. The molecule has 0 unspecified atom stereocenters. The first-order chi connectivity index (χ1) is 13.1. The van der Waals surface area contributed by atoms with E-state index < -0.39 is 15.6 Å². The van der Waals surface area contributed by atoms with E-state index in [0.29, 0.717) is 0 Å². The van der Waals surface area contributed by atoms with Crippen LogP contribution in [0.15, 0.2) is 0 Å². The first-order valence-corrected chi connectivity index (χ1v) is 12.4. The Morgan fingerprint density at radius 3 is 1.50 bits per heavy atom. The van der Waals surface area contributed by atoms with E-state index in [1.807, 2.05) is 0 Å². The topological polar surface area (TPSA) is 57.2 Å². The lowest BCUT2D eigenvalue weighted by Crippen LogP contribution is -2.46. The average molecular weight is 432 g/mol. The van der Waals surface area contributed by atoms with Gasteiger partial charge in [0.2, 0.25) is 0 Å². The standard InChI is InChI=1S/C19H40N.CHF3O3S/c1-3-5-6-7-8-9-10-11-12-13-17-20(16-4-2)18-14-15-19-20;2-1(3,4)8(5,6)7/h3-19H2,1-2H3;(H,5,6,7)/q+1;/p-1. The second kappa shape index (κ2) is 14.6. The van der Waals surface area contributed by atoms with Gasteiger partial charge in [-0.3, -0.25) is 0 Å². The third-order valence-corrected chi connectivity index (χ3v) is 6.05. The van der Waals surface area contributed by atoms with Crippen LogP contribution in [0, 0.1) is 0 Å². The number of alkyl halides is 3. The van der Waals surface area contributed by atoms with Crippen LogP contribution in [0.1, 0.15) is 97.3 Å². The van der Waals surface area contributed by atoms with Crippen LogP contribution in [-0.4, -0.2) is 49.1 Å². The van der Waals surface area contributed by atoms with Gasteiger partial charge < -0.3 is 9.04 Å². The maximum atomic E-state index is 10.7. The third kappa shape index (κ3) is 13.0. The van der Waals surface area contributed by atoms with Crippen LogP contribution in [0.2, 0.25) is 0 Å². The van der Waals surface area contributed by atoms with Gasteiger partial charge in [0.1, 0.15) is 0 Å². The summed E-state index contributed by atoms with van der Waals surface area (Å²) >= 11 is 0. The molecule has 0 atom stereocenters. The Kier molecular flexibility index (Phi) is 14.4. The Hall–Kier alpha value is -0.340. The fourth-order valence-corrected chi connectivity index (χ4v) is 3.97. The highest BCUT2D eigenvalue weighted by atomic mass is 32.2. The summed E-state index contributed by atoms with van der Waals surface area (Å²) < 4.78 is 60.4. The molecular formula is C20H40F3NO3S. The van der Waals surface area contributed by atoms with Gasteiger partial charge in [-0.25, -0.2) is 8.42 Å². The maximum Gasteiger partial charge on any atom is 0.485 e. The van der Waals surface area contributed by atoms with Crippen LogP contribution in [-0.2, 0) is 10.1 Å². The molecule has 1 fully saturated rings. The molecule has 0 saturated carbocycles. The number of hydrogen-bond acceptors (Lipinski definition) is 3. The molecule has 0 aromatic heterocycles. The summed E-state index contributed by atoms with van der Waals surface area (Å²) in [7, 11) is -6.09. The van der Waals surface area contributed by atoms with E-state index in [4.69, 9.17) is 13.0 Å². The molecule has 1 rings (SSSR count). The third-order valence-electron chi connectivity index (χ3n) is 5.48. The maximum absolute atomic E-state index is 10.7. The SMILES string of the molecule is CCCCCCCCCCCC[N+]1(CCC)CCCC1.O=S(=O)([O-])C(F)(F)F. The number of halogens is 3. The van der Waals surface area contributed by atoms with Crippen LogP contribution >= 0.6 is 0 Å². The normalized spacial score (nSPS) is 16.6. The van der Waals surface area contributed by atoms with Crippen molar-refractivity contribution in [2.24, 2.45) is 0 Å². The van der Waals surface area contributed by atoms with E-state index in [-0.39, 0.29) is 0 Å². The predicted octanol–water partition coefficient (Wildman–Crippen LogP) is 5.98. The van der Waals surface area contributed by atoms with Gasteiger partial charge in [0, 0.05) is 12.8 Å². The molecule has 1 aliphatic rings. The number of likely N-dealkylation sites (tertiary alicyclic amines) is 1. The summed E-state index contributed by atoms with van der Waals surface area (Å²) in [4.78, 5) is 0. The summed E-state index contributed by atoms with van der Waals surface area (Å²) in [6.45, 7) is 10.5. The van der Waals surface area contributed by atoms with Crippen molar-refractivity contribution in [2.75, 3.05) is 26.2 Å². The van der Waals surface area contributed by atoms with Gasteiger partial charge >= 0.3 is 5.51 Å². The van der Waals surface area contributed by atoms with E-state index in [1.54, 1.807) is 0 Å². The van der Waals surface area contributed by atoms with E-state index >= 15 is 0 Å². The fourth-order valence-electron chi connectivity index (χ4n) is 3.97. The van der Waals surface area contributed by atoms with Gasteiger partial charge in [-0.1, -0.05) is 65.2 Å². The van der Waals surface area contributed by atoms with Crippen molar-refractivity contribution < 1.29 is 30.6 Å². The zero-order chi connectivity index (χ0) is 21.5. The number of unbranched alkanes of at least 4 members (excludes halogenated alkanes) is 9. The Morgan fingerprint density at radius 2 is 1.14 bits per heavy atom. The Bertz CT molecular complexity index is 476. The molecule has 28 heavy (non-hydrogen) atoms. The quantitative estimate of drug-likeness (QED) is 0.156. The van der Waals surface area contributed by atoms with Crippen LogP contribution in [0.3, 0.4) is 0 Å². The molecular weight excluding hydrogens is 391 g/mol. The molecule has 0 N–H and O–H groups in total. The highest BCUT2D eigenvalue weighted by Crippen LogP contribution is 2.22. The van der Waals surface area contributed by atoms with Crippen LogP contribution < -0.4 is 0 Å². The van der Waals surface area contributed by atoms with E-state index in [2.05, 4.69) is 13.8 Å². The summed E-state index contributed by atoms with van der Waals surface area (Å²) in [5, 5.41) is 0. The first-order valence-electron chi connectivity index (χ1n) is 11.0. The molecule has 170 valence electrons. The molecule has 4 nitrogen and oxygen atoms in total. The number of quaternary nitrogens is 1. The number of nitrogens with zero attached hydrogens (tertiary/aromatic N) is 1. The minimum absolute atomic E-state index is 1.37. The van der Waals surface area contributed by atoms with Crippen LogP contribution in [0.5, 0.6) is 0 Å². The molecule has 0 radical (unpaired) electrons. The molecule has 0 aromatic rings. The van der Waals surface area contributed by atoms with Crippen molar-refractivity contribution in [2.45, 2.75) is 103 Å². The first kappa shape index (κ1) is 27.7. The van der Waals surface area contributed by atoms with Crippen molar-refractivity contribution in [3.05, 3.63) is 0 Å². The van der Waals surface area contributed by atoms with Gasteiger partial charge in [0.15, 0.2) is 10.1 Å². The molecule has 0 amide bonds. The summed E-state index contributed by atoms with van der Waals surface area (Å²) in [6.07, 6.45) is 19.0. The van der Waals surface area contributed by atoms with Crippen molar-refractivity contribution in [3.8, 4) is 0 Å². The largest absolute Gasteiger partial charge is 0.741 e. The lowest BCUT2D eigenvalue weighted by molar-refractivity contribution is -0.917. The van der Waals surface area contributed by atoms with Crippen molar-refractivity contribution in [1.82, 2.24) is 0 Å². The van der Waals surface area contributed by atoms with Gasteiger partial charge in [0.25, 0.3) is 0 Å². The smallest absolute Gasteiger partial charge is 0.485 e.